The van der Waals surface area contributed by atoms with Gasteiger partial charge in [0.1, 0.15) is 24.4 Å². The summed E-state index contributed by atoms with van der Waals surface area (Å²) in [5.41, 5.74) is 0. The molecule has 26 heavy (non-hydrogen) atoms. The van der Waals surface area contributed by atoms with Crippen molar-refractivity contribution in [2.45, 2.75) is 69.5 Å². The zero-order valence-corrected chi connectivity index (χ0v) is 16.2. The number of benzene rings is 1. The Bertz CT molecular complexity index is 720. The maximum atomic E-state index is 13.7. The van der Waals surface area contributed by atoms with E-state index in [1.165, 1.54) is 0 Å². The van der Waals surface area contributed by atoms with Crippen molar-refractivity contribution >= 4 is 12.7 Å². The fourth-order valence-electron chi connectivity index (χ4n) is 3.80. The van der Waals surface area contributed by atoms with Gasteiger partial charge < -0.3 is 28.6 Å². The van der Waals surface area contributed by atoms with Gasteiger partial charge in [-0.3, -0.25) is 4.57 Å². The number of aliphatic hydroxyl groups is 1. The molecule has 0 saturated carbocycles. The molecule has 0 aromatic heterocycles. The van der Waals surface area contributed by atoms with Gasteiger partial charge in [-0.1, -0.05) is 18.2 Å². The van der Waals surface area contributed by atoms with Crippen LogP contribution >= 0.6 is 7.37 Å². The summed E-state index contributed by atoms with van der Waals surface area (Å²) in [5.74, 6) is -2.99. The van der Waals surface area contributed by atoms with Crippen molar-refractivity contribution in [3.8, 4) is 0 Å². The number of rotatable bonds is 2. The van der Waals surface area contributed by atoms with Crippen LogP contribution in [0.1, 0.15) is 27.7 Å². The Morgan fingerprint density at radius 3 is 2.23 bits per heavy atom. The highest BCUT2D eigenvalue weighted by atomic mass is 31.2. The van der Waals surface area contributed by atoms with Crippen molar-refractivity contribution < 1.29 is 33.1 Å². The molecule has 1 N–H and O–H groups in total. The smallest absolute Gasteiger partial charge is 0.262 e. The second kappa shape index (κ2) is 6.11. The summed E-state index contributed by atoms with van der Waals surface area (Å²) < 4.78 is 43.3. The van der Waals surface area contributed by atoms with E-state index in [0.29, 0.717) is 5.30 Å². The molecule has 3 heterocycles. The lowest BCUT2D eigenvalue weighted by Gasteiger charge is -2.41. The van der Waals surface area contributed by atoms with Gasteiger partial charge in [0.05, 0.1) is 6.61 Å². The number of aliphatic hydroxyl groups excluding tert-OH is 1. The highest BCUT2D eigenvalue weighted by molar-refractivity contribution is 7.67. The van der Waals surface area contributed by atoms with Gasteiger partial charge in [-0.05, 0) is 39.8 Å². The fourth-order valence-corrected chi connectivity index (χ4v) is 6.18. The summed E-state index contributed by atoms with van der Waals surface area (Å²) in [7, 11) is -3.62. The first-order valence-electron chi connectivity index (χ1n) is 8.81. The van der Waals surface area contributed by atoms with Gasteiger partial charge in [0.25, 0.3) is 7.37 Å². The van der Waals surface area contributed by atoms with E-state index in [1.807, 2.05) is 19.9 Å². The molecule has 7 nitrogen and oxygen atoms in total. The van der Waals surface area contributed by atoms with Crippen LogP contribution < -0.4 is 5.30 Å². The van der Waals surface area contributed by atoms with Crippen molar-refractivity contribution in [2.75, 3.05) is 6.61 Å². The molecule has 3 saturated heterocycles. The first-order valence-corrected chi connectivity index (χ1v) is 10.5. The Morgan fingerprint density at radius 2 is 1.62 bits per heavy atom. The molecule has 0 aliphatic carbocycles. The Hall–Kier alpha value is -0.790. The minimum atomic E-state index is -3.62. The van der Waals surface area contributed by atoms with Gasteiger partial charge in [0.15, 0.2) is 17.4 Å². The van der Waals surface area contributed by atoms with E-state index in [2.05, 4.69) is 0 Å². The van der Waals surface area contributed by atoms with Crippen LogP contribution in [-0.2, 0) is 28.0 Å². The third-order valence-corrected chi connectivity index (χ3v) is 7.49. The summed E-state index contributed by atoms with van der Waals surface area (Å²) in [5, 5.41) is 11.3. The molecule has 8 heteroatoms. The van der Waals surface area contributed by atoms with Gasteiger partial charge in [0.2, 0.25) is 0 Å². The fraction of sp³-hybridized carbons (Fsp3) is 0.667. The third-order valence-electron chi connectivity index (χ3n) is 4.92. The van der Waals surface area contributed by atoms with Gasteiger partial charge in [-0.15, -0.1) is 0 Å². The molecule has 0 radical (unpaired) electrons. The summed E-state index contributed by atoms with van der Waals surface area (Å²) >= 11 is 0. The average molecular weight is 384 g/mol. The first-order chi connectivity index (χ1) is 12.1. The maximum absolute atomic E-state index is 13.7. The van der Waals surface area contributed by atoms with Crippen LogP contribution in [0, 0.1) is 0 Å². The Morgan fingerprint density at radius 1 is 0.962 bits per heavy atom. The van der Waals surface area contributed by atoms with E-state index in [4.69, 9.17) is 23.5 Å². The van der Waals surface area contributed by atoms with Crippen LogP contribution in [0.2, 0.25) is 0 Å². The zero-order chi connectivity index (χ0) is 18.7. The second-order valence-electron chi connectivity index (χ2n) is 7.85. The maximum Gasteiger partial charge on any atom is 0.262 e. The standard InChI is InChI=1S/C18H25O7P/c1-17(2)21-10-12(22-17)13-14-15(24-18(3,4)23-14)16(19)26(20,25-13)11-8-6-5-7-9-11/h5-9,12-16,19H,10H2,1-4H3/t12-,13-,14+,15+,16-,26-/m1/s1. The molecule has 0 unspecified atom stereocenters. The minimum absolute atomic E-state index is 0.287. The Balaban J connectivity index is 1.72. The topological polar surface area (TPSA) is 83.5 Å². The molecule has 0 spiro atoms. The van der Waals surface area contributed by atoms with Gasteiger partial charge >= 0.3 is 0 Å². The van der Waals surface area contributed by atoms with Gasteiger partial charge in [-0.2, -0.15) is 0 Å². The second-order valence-corrected chi connectivity index (χ2v) is 10.3. The number of hydrogen-bond donors (Lipinski definition) is 1. The predicted octanol–water partition coefficient (Wildman–Crippen LogP) is 1.98. The molecule has 6 atom stereocenters. The van der Waals surface area contributed by atoms with E-state index in [-0.39, 0.29) is 6.61 Å². The molecule has 3 aliphatic rings. The SMILES string of the molecule is CC1(C)O[C@H]2[C@@H]([C@H]3COC(C)(C)O3)O[P@](=O)(c3ccccc3)[C@@H](O)[C@H]2O1. The van der Waals surface area contributed by atoms with E-state index < -0.39 is 49.2 Å². The number of hydrogen-bond acceptors (Lipinski definition) is 7. The lowest BCUT2D eigenvalue weighted by Crippen LogP contribution is -2.55. The Labute approximate surface area is 153 Å². The summed E-state index contributed by atoms with van der Waals surface area (Å²) in [6.07, 6.45) is -2.53. The lowest BCUT2D eigenvalue weighted by atomic mass is 10.0. The number of ether oxygens (including phenoxy) is 4. The highest BCUT2D eigenvalue weighted by Crippen LogP contribution is 2.60. The van der Waals surface area contributed by atoms with Crippen molar-refractivity contribution in [1.29, 1.82) is 0 Å². The third kappa shape index (κ3) is 3.06. The van der Waals surface area contributed by atoms with E-state index in [0.717, 1.165) is 0 Å². The molecule has 144 valence electrons. The van der Waals surface area contributed by atoms with Crippen LogP contribution in [0.3, 0.4) is 0 Å². The quantitative estimate of drug-likeness (QED) is 0.781. The summed E-state index contributed by atoms with van der Waals surface area (Å²) in [4.78, 5) is 0. The monoisotopic (exact) mass is 384 g/mol. The van der Waals surface area contributed by atoms with E-state index >= 15 is 0 Å². The van der Waals surface area contributed by atoms with E-state index in [9.17, 15) is 9.67 Å². The molecule has 3 fully saturated rings. The Kier molecular flexibility index (Phi) is 4.36. The van der Waals surface area contributed by atoms with Crippen LogP contribution in [0.25, 0.3) is 0 Å². The highest BCUT2D eigenvalue weighted by Gasteiger charge is 2.62. The summed E-state index contributed by atoms with van der Waals surface area (Å²) in [6.45, 7) is 7.44. The molecule has 0 amide bonds. The normalized spacial score (nSPS) is 44.0. The van der Waals surface area contributed by atoms with Crippen molar-refractivity contribution in [1.82, 2.24) is 0 Å². The molecule has 3 aliphatic heterocycles. The minimum Gasteiger partial charge on any atom is -0.380 e. The zero-order valence-electron chi connectivity index (χ0n) is 15.3. The lowest BCUT2D eigenvalue weighted by molar-refractivity contribution is -0.174. The van der Waals surface area contributed by atoms with Gasteiger partial charge in [0, 0.05) is 5.30 Å². The molecule has 0 bridgehead atoms. The van der Waals surface area contributed by atoms with Crippen LogP contribution in [0.5, 0.6) is 0 Å². The molecule has 1 aromatic rings. The van der Waals surface area contributed by atoms with Crippen molar-refractivity contribution in [3.63, 3.8) is 0 Å². The first kappa shape index (κ1) is 18.6. The van der Waals surface area contributed by atoms with Crippen LogP contribution in [0.15, 0.2) is 30.3 Å². The molecule has 4 rings (SSSR count). The van der Waals surface area contributed by atoms with Crippen molar-refractivity contribution in [3.05, 3.63) is 30.3 Å². The van der Waals surface area contributed by atoms with Crippen LogP contribution in [-0.4, -0.2) is 53.5 Å². The van der Waals surface area contributed by atoms with Crippen molar-refractivity contribution in [2.24, 2.45) is 0 Å². The van der Waals surface area contributed by atoms with Gasteiger partial charge in [-0.25, -0.2) is 0 Å². The largest absolute Gasteiger partial charge is 0.380 e. The van der Waals surface area contributed by atoms with E-state index in [1.54, 1.807) is 38.1 Å². The average Bonchev–Trinajstić information content (AvgIpc) is 3.10. The molecule has 1 aromatic carbocycles. The molecular formula is C18H25O7P. The number of fused-ring (bicyclic) bond motifs is 1. The van der Waals surface area contributed by atoms with Crippen LogP contribution in [0.4, 0.5) is 0 Å². The molecular weight excluding hydrogens is 359 g/mol. The summed E-state index contributed by atoms with van der Waals surface area (Å²) in [6, 6.07) is 8.73. The predicted molar refractivity (Wildman–Crippen MR) is 93.3 cm³/mol.